The van der Waals surface area contributed by atoms with Crippen molar-refractivity contribution in [3.8, 4) is 11.5 Å². The second-order valence-corrected chi connectivity index (χ2v) is 4.92. The lowest BCUT2D eigenvalue weighted by molar-refractivity contribution is 0.174. The van der Waals surface area contributed by atoms with E-state index in [-0.39, 0.29) is 6.04 Å². The summed E-state index contributed by atoms with van der Waals surface area (Å²) in [6, 6.07) is 16.6. The van der Waals surface area contributed by atoms with Crippen LogP contribution in [0.1, 0.15) is 23.6 Å². The van der Waals surface area contributed by atoms with Crippen molar-refractivity contribution >= 4 is 5.71 Å². The third-order valence-electron chi connectivity index (χ3n) is 3.66. The van der Waals surface area contributed by atoms with Gasteiger partial charge in [0.1, 0.15) is 0 Å². The molecule has 0 saturated carbocycles. The molecule has 0 aliphatic carbocycles. The Morgan fingerprint density at radius 1 is 1.00 bits per heavy atom. The van der Waals surface area contributed by atoms with E-state index in [9.17, 15) is 0 Å². The average molecular weight is 266 g/mol. The number of hydrogen-bond acceptors (Lipinski definition) is 4. The first-order valence-corrected chi connectivity index (χ1v) is 6.67. The summed E-state index contributed by atoms with van der Waals surface area (Å²) in [6.07, 6.45) is 0.879. The molecule has 2 aliphatic rings. The van der Waals surface area contributed by atoms with Crippen LogP contribution in [-0.2, 0) is 0 Å². The van der Waals surface area contributed by atoms with Gasteiger partial charge in [0, 0.05) is 12.0 Å². The molecular formula is C16H14N2O2. The topological polar surface area (TPSA) is 42.9 Å². The molecule has 0 aromatic heterocycles. The highest BCUT2D eigenvalue weighted by molar-refractivity contribution is 6.02. The monoisotopic (exact) mass is 266 g/mol. The fourth-order valence-corrected chi connectivity index (χ4v) is 2.58. The lowest BCUT2D eigenvalue weighted by Crippen LogP contribution is -2.09. The van der Waals surface area contributed by atoms with E-state index in [0.29, 0.717) is 6.79 Å². The third-order valence-corrected chi connectivity index (χ3v) is 3.66. The van der Waals surface area contributed by atoms with Crippen LogP contribution in [0.4, 0.5) is 0 Å². The number of rotatable bonds is 2. The molecule has 100 valence electrons. The third kappa shape index (κ3) is 1.90. The Morgan fingerprint density at radius 3 is 2.75 bits per heavy atom. The SMILES string of the molecule is c1ccc([C@@H]2CC(c3ccc4c(c3)OCO4)=NN2)cc1. The van der Waals surface area contributed by atoms with E-state index in [1.54, 1.807) is 0 Å². The van der Waals surface area contributed by atoms with Gasteiger partial charge in [-0.2, -0.15) is 5.10 Å². The van der Waals surface area contributed by atoms with Crippen LogP contribution in [0.15, 0.2) is 53.6 Å². The molecule has 0 spiro atoms. The fraction of sp³-hybridized carbons (Fsp3) is 0.188. The molecule has 4 nitrogen and oxygen atoms in total. The first-order valence-electron chi connectivity index (χ1n) is 6.67. The maximum absolute atomic E-state index is 5.41. The largest absolute Gasteiger partial charge is 0.454 e. The molecule has 1 atom stereocenters. The fourth-order valence-electron chi connectivity index (χ4n) is 2.58. The van der Waals surface area contributed by atoms with Crippen LogP contribution in [0.3, 0.4) is 0 Å². The number of nitrogens with one attached hydrogen (secondary N) is 1. The van der Waals surface area contributed by atoms with Crippen LogP contribution in [0, 0.1) is 0 Å². The van der Waals surface area contributed by atoms with Crippen molar-refractivity contribution < 1.29 is 9.47 Å². The number of ether oxygens (including phenoxy) is 2. The highest BCUT2D eigenvalue weighted by atomic mass is 16.7. The smallest absolute Gasteiger partial charge is 0.231 e. The maximum atomic E-state index is 5.41. The normalized spacial score (nSPS) is 19.6. The van der Waals surface area contributed by atoms with Gasteiger partial charge in [0.05, 0.1) is 11.8 Å². The molecule has 4 rings (SSSR count). The van der Waals surface area contributed by atoms with E-state index < -0.39 is 0 Å². The number of hydrazone groups is 1. The van der Waals surface area contributed by atoms with Gasteiger partial charge in [0.25, 0.3) is 0 Å². The Labute approximate surface area is 117 Å². The first-order chi connectivity index (χ1) is 9.90. The lowest BCUT2D eigenvalue weighted by atomic mass is 9.99. The van der Waals surface area contributed by atoms with Gasteiger partial charge in [-0.25, -0.2) is 0 Å². The minimum Gasteiger partial charge on any atom is -0.454 e. The Hall–Kier alpha value is -2.49. The van der Waals surface area contributed by atoms with Crippen LogP contribution >= 0.6 is 0 Å². The lowest BCUT2D eigenvalue weighted by Gasteiger charge is -2.09. The molecule has 2 aromatic rings. The summed E-state index contributed by atoms with van der Waals surface area (Å²) < 4.78 is 10.7. The standard InChI is InChI=1S/C16H14N2O2/c1-2-4-11(5-3-1)13-9-14(18-17-13)12-6-7-15-16(8-12)20-10-19-15/h1-8,13,17H,9-10H2/t13-/m0/s1. The van der Waals surface area contributed by atoms with Gasteiger partial charge in [0.2, 0.25) is 6.79 Å². The van der Waals surface area contributed by atoms with Gasteiger partial charge in [-0.15, -0.1) is 0 Å². The van der Waals surface area contributed by atoms with Crippen LogP contribution in [0.2, 0.25) is 0 Å². The summed E-state index contributed by atoms with van der Waals surface area (Å²) in [4.78, 5) is 0. The highest BCUT2D eigenvalue weighted by Crippen LogP contribution is 2.34. The Bertz CT molecular complexity index is 667. The summed E-state index contributed by atoms with van der Waals surface area (Å²) in [7, 11) is 0. The molecule has 2 heterocycles. The van der Waals surface area contributed by atoms with Crippen molar-refractivity contribution in [2.45, 2.75) is 12.5 Å². The van der Waals surface area contributed by atoms with Gasteiger partial charge < -0.3 is 14.9 Å². The van der Waals surface area contributed by atoms with E-state index in [4.69, 9.17) is 9.47 Å². The minimum atomic E-state index is 0.247. The zero-order valence-electron chi connectivity index (χ0n) is 10.9. The van der Waals surface area contributed by atoms with E-state index in [2.05, 4.69) is 34.8 Å². The maximum Gasteiger partial charge on any atom is 0.231 e. The van der Waals surface area contributed by atoms with E-state index in [1.165, 1.54) is 5.56 Å². The van der Waals surface area contributed by atoms with Crippen molar-refractivity contribution in [1.82, 2.24) is 5.43 Å². The average Bonchev–Trinajstić information content (AvgIpc) is 3.16. The van der Waals surface area contributed by atoms with Crippen LogP contribution in [0.25, 0.3) is 0 Å². The molecule has 0 bridgehead atoms. The van der Waals surface area contributed by atoms with E-state index in [0.717, 1.165) is 29.2 Å². The molecule has 4 heteroatoms. The van der Waals surface area contributed by atoms with Crippen molar-refractivity contribution in [3.05, 3.63) is 59.7 Å². The van der Waals surface area contributed by atoms with Gasteiger partial charge >= 0.3 is 0 Å². The first kappa shape index (κ1) is 11.3. The van der Waals surface area contributed by atoms with Crippen molar-refractivity contribution in [2.75, 3.05) is 6.79 Å². The quantitative estimate of drug-likeness (QED) is 0.909. The Balaban J connectivity index is 1.56. The second-order valence-electron chi connectivity index (χ2n) is 4.92. The van der Waals surface area contributed by atoms with Crippen LogP contribution in [-0.4, -0.2) is 12.5 Å². The minimum absolute atomic E-state index is 0.247. The molecular weight excluding hydrogens is 252 g/mol. The van der Waals surface area contributed by atoms with Gasteiger partial charge in [0.15, 0.2) is 11.5 Å². The molecule has 2 aliphatic heterocycles. The summed E-state index contributed by atoms with van der Waals surface area (Å²) in [5.74, 6) is 1.60. The van der Waals surface area contributed by atoms with E-state index in [1.807, 2.05) is 24.3 Å². The number of benzene rings is 2. The van der Waals surface area contributed by atoms with Crippen LogP contribution < -0.4 is 14.9 Å². The predicted molar refractivity (Wildman–Crippen MR) is 76.0 cm³/mol. The second kappa shape index (κ2) is 4.56. The number of hydrogen-bond donors (Lipinski definition) is 1. The predicted octanol–water partition coefficient (Wildman–Crippen LogP) is 2.85. The molecule has 0 radical (unpaired) electrons. The summed E-state index contributed by atoms with van der Waals surface area (Å²) in [5.41, 5.74) is 6.60. The van der Waals surface area contributed by atoms with Crippen molar-refractivity contribution in [3.63, 3.8) is 0 Å². The van der Waals surface area contributed by atoms with Gasteiger partial charge in [-0.3, -0.25) is 0 Å². The van der Waals surface area contributed by atoms with Gasteiger partial charge in [-0.05, 0) is 23.8 Å². The zero-order chi connectivity index (χ0) is 13.4. The highest BCUT2D eigenvalue weighted by Gasteiger charge is 2.22. The molecule has 1 N–H and O–H groups in total. The zero-order valence-corrected chi connectivity index (χ0v) is 10.9. The molecule has 0 unspecified atom stereocenters. The molecule has 2 aromatic carbocycles. The molecule has 0 saturated heterocycles. The summed E-state index contributed by atoms with van der Waals surface area (Å²) >= 11 is 0. The molecule has 0 amide bonds. The van der Waals surface area contributed by atoms with Gasteiger partial charge in [-0.1, -0.05) is 30.3 Å². The Kier molecular flexibility index (Phi) is 2.59. The van der Waals surface area contributed by atoms with E-state index >= 15 is 0 Å². The van der Waals surface area contributed by atoms with Crippen LogP contribution in [0.5, 0.6) is 11.5 Å². The number of fused-ring (bicyclic) bond motifs is 1. The van der Waals surface area contributed by atoms with Crippen molar-refractivity contribution in [2.24, 2.45) is 5.10 Å². The summed E-state index contributed by atoms with van der Waals surface area (Å²) in [6.45, 7) is 0.302. The number of nitrogens with zero attached hydrogens (tertiary/aromatic N) is 1. The summed E-state index contributed by atoms with van der Waals surface area (Å²) in [5, 5.41) is 4.46. The van der Waals surface area contributed by atoms with Crippen molar-refractivity contribution in [1.29, 1.82) is 0 Å². The molecule has 0 fully saturated rings. The molecule has 20 heavy (non-hydrogen) atoms. The Morgan fingerprint density at radius 2 is 1.85 bits per heavy atom.